The zero-order chi connectivity index (χ0) is 12.3. The van der Waals surface area contributed by atoms with E-state index in [1.807, 2.05) is 30.3 Å². The molecule has 2 unspecified atom stereocenters. The molecule has 1 saturated heterocycles. The summed E-state index contributed by atoms with van der Waals surface area (Å²) in [7, 11) is 0. The lowest BCUT2D eigenvalue weighted by Gasteiger charge is -2.29. The van der Waals surface area contributed by atoms with Crippen LogP contribution in [0.3, 0.4) is 0 Å². The zero-order valence-corrected chi connectivity index (χ0v) is 9.13. The lowest BCUT2D eigenvalue weighted by Crippen LogP contribution is -2.56. The summed E-state index contributed by atoms with van der Waals surface area (Å²) in [4.78, 5) is 22.1. The molecular weight excluding hydrogens is 222 g/mol. The van der Waals surface area contributed by atoms with Crippen LogP contribution < -0.4 is 5.32 Å². The van der Waals surface area contributed by atoms with E-state index < -0.39 is 18.1 Å². The Morgan fingerprint density at radius 2 is 2.12 bits per heavy atom. The van der Waals surface area contributed by atoms with Gasteiger partial charge < -0.3 is 15.2 Å². The average molecular weight is 235 g/mol. The van der Waals surface area contributed by atoms with Gasteiger partial charge in [-0.2, -0.15) is 0 Å². The number of carboxylic acids is 1. The Morgan fingerprint density at radius 3 is 2.76 bits per heavy atom. The summed E-state index contributed by atoms with van der Waals surface area (Å²) in [5.41, 5.74) is 0.986. The van der Waals surface area contributed by atoms with E-state index in [4.69, 9.17) is 9.84 Å². The Kier molecular flexibility index (Phi) is 3.39. The van der Waals surface area contributed by atoms with Crippen LogP contribution in [0.1, 0.15) is 5.56 Å². The number of hydrogen-bond acceptors (Lipinski definition) is 3. The highest BCUT2D eigenvalue weighted by molar-refractivity contribution is 5.85. The van der Waals surface area contributed by atoms with Crippen molar-refractivity contribution in [2.75, 3.05) is 6.61 Å². The normalized spacial score (nSPS) is 24.1. The maximum atomic E-state index is 11.1. The van der Waals surface area contributed by atoms with Gasteiger partial charge in [0.2, 0.25) is 5.91 Å². The van der Waals surface area contributed by atoms with Gasteiger partial charge in [-0.05, 0) is 5.56 Å². The van der Waals surface area contributed by atoms with E-state index in [0.717, 1.165) is 5.56 Å². The topological polar surface area (TPSA) is 75.6 Å². The van der Waals surface area contributed by atoms with Gasteiger partial charge in [0, 0.05) is 6.42 Å². The van der Waals surface area contributed by atoms with Gasteiger partial charge in [0.05, 0.1) is 6.10 Å². The number of hydrogen-bond donors (Lipinski definition) is 2. The molecule has 1 aromatic rings. The first-order chi connectivity index (χ1) is 8.16. The van der Waals surface area contributed by atoms with Crippen LogP contribution in [-0.4, -0.2) is 35.7 Å². The zero-order valence-electron chi connectivity index (χ0n) is 9.13. The third kappa shape index (κ3) is 2.82. The van der Waals surface area contributed by atoms with Crippen LogP contribution in [0.2, 0.25) is 0 Å². The van der Waals surface area contributed by atoms with E-state index in [1.54, 1.807) is 0 Å². The number of amides is 1. The maximum absolute atomic E-state index is 11.1. The fourth-order valence-electron chi connectivity index (χ4n) is 1.83. The van der Waals surface area contributed by atoms with Crippen LogP contribution in [0.4, 0.5) is 0 Å². The number of benzene rings is 1. The molecule has 1 heterocycles. The van der Waals surface area contributed by atoms with Crippen molar-refractivity contribution in [3.63, 3.8) is 0 Å². The molecule has 90 valence electrons. The van der Waals surface area contributed by atoms with Crippen molar-refractivity contribution in [1.82, 2.24) is 5.32 Å². The molecule has 5 heteroatoms. The molecule has 2 rings (SSSR count). The third-order valence-corrected chi connectivity index (χ3v) is 2.66. The van der Waals surface area contributed by atoms with Gasteiger partial charge in [-0.25, -0.2) is 4.79 Å². The highest BCUT2D eigenvalue weighted by Gasteiger charge is 2.34. The van der Waals surface area contributed by atoms with Gasteiger partial charge in [0.25, 0.3) is 0 Å². The number of ether oxygens (including phenoxy) is 1. The molecule has 0 aliphatic carbocycles. The number of aliphatic carboxylic acids is 1. The third-order valence-electron chi connectivity index (χ3n) is 2.66. The van der Waals surface area contributed by atoms with Crippen molar-refractivity contribution in [2.24, 2.45) is 0 Å². The van der Waals surface area contributed by atoms with Gasteiger partial charge in [-0.15, -0.1) is 0 Å². The first-order valence-electron chi connectivity index (χ1n) is 5.34. The summed E-state index contributed by atoms with van der Waals surface area (Å²) in [6.45, 7) is -0.0821. The van der Waals surface area contributed by atoms with Crippen LogP contribution in [0.15, 0.2) is 30.3 Å². The minimum atomic E-state index is -1.07. The highest BCUT2D eigenvalue weighted by atomic mass is 16.5. The van der Waals surface area contributed by atoms with E-state index in [9.17, 15) is 9.59 Å². The average Bonchev–Trinajstić information content (AvgIpc) is 2.32. The molecule has 1 aromatic carbocycles. The lowest BCUT2D eigenvalue weighted by atomic mass is 10.0. The molecule has 1 fully saturated rings. The number of rotatable bonds is 3. The molecule has 1 aliphatic heterocycles. The molecular formula is C12H13NO4. The first-order valence-corrected chi connectivity index (χ1v) is 5.34. The second-order valence-electron chi connectivity index (χ2n) is 3.92. The van der Waals surface area contributed by atoms with Crippen molar-refractivity contribution < 1.29 is 19.4 Å². The molecule has 0 radical (unpaired) electrons. The van der Waals surface area contributed by atoms with E-state index in [2.05, 4.69) is 5.32 Å². The number of carbonyl (C=O) groups is 2. The quantitative estimate of drug-likeness (QED) is 0.784. The number of carbonyl (C=O) groups excluding carboxylic acids is 1. The minimum absolute atomic E-state index is 0.0821. The van der Waals surface area contributed by atoms with Crippen molar-refractivity contribution in [2.45, 2.75) is 18.6 Å². The largest absolute Gasteiger partial charge is 0.480 e. The second-order valence-corrected chi connectivity index (χ2v) is 3.92. The summed E-state index contributed by atoms with van der Waals surface area (Å²) < 4.78 is 5.28. The first kappa shape index (κ1) is 11.6. The molecule has 0 saturated carbocycles. The predicted molar refractivity (Wildman–Crippen MR) is 59.5 cm³/mol. The van der Waals surface area contributed by atoms with E-state index in [1.165, 1.54) is 0 Å². The van der Waals surface area contributed by atoms with Crippen molar-refractivity contribution >= 4 is 11.9 Å². The fourth-order valence-corrected chi connectivity index (χ4v) is 1.83. The number of morpholine rings is 1. The fraction of sp³-hybridized carbons (Fsp3) is 0.333. The molecule has 1 aliphatic rings. The smallest absolute Gasteiger partial charge is 0.328 e. The van der Waals surface area contributed by atoms with Gasteiger partial charge in [-0.1, -0.05) is 30.3 Å². The van der Waals surface area contributed by atoms with Gasteiger partial charge in [0.15, 0.2) is 6.04 Å². The molecule has 1 amide bonds. The van der Waals surface area contributed by atoms with Crippen LogP contribution in [0, 0.1) is 0 Å². The Morgan fingerprint density at radius 1 is 1.41 bits per heavy atom. The van der Waals surface area contributed by atoms with Crippen LogP contribution in [0.25, 0.3) is 0 Å². The van der Waals surface area contributed by atoms with E-state index in [0.29, 0.717) is 6.42 Å². The van der Waals surface area contributed by atoms with Crippen molar-refractivity contribution in [3.8, 4) is 0 Å². The Hall–Kier alpha value is -1.88. The molecule has 0 aromatic heterocycles. The predicted octanol–water partition coefficient (Wildman–Crippen LogP) is 0.197. The summed E-state index contributed by atoms with van der Waals surface area (Å²) in [6, 6.07) is 8.48. The van der Waals surface area contributed by atoms with Crippen molar-refractivity contribution in [3.05, 3.63) is 35.9 Å². The molecule has 17 heavy (non-hydrogen) atoms. The molecule has 0 bridgehead atoms. The SMILES string of the molecule is O=C1COC(Cc2ccccc2)C(C(=O)O)N1. The summed E-state index contributed by atoms with van der Waals surface area (Å²) in [6.07, 6.45) is -0.0504. The van der Waals surface area contributed by atoms with Gasteiger partial charge in [-0.3, -0.25) is 4.79 Å². The van der Waals surface area contributed by atoms with Gasteiger partial charge >= 0.3 is 5.97 Å². The van der Waals surface area contributed by atoms with Crippen molar-refractivity contribution in [1.29, 1.82) is 0 Å². The minimum Gasteiger partial charge on any atom is -0.480 e. The summed E-state index contributed by atoms with van der Waals surface area (Å²) in [5, 5.41) is 11.4. The summed E-state index contributed by atoms with van der Waals surface area (Å²) >= 11 is 0. The Labute approximate surface area is 98.4 Å². The molecule has 0 spiro atoms. The summed E-state index contributed by atoms with van der Waals surface area (Å²) in [5.74, 6) is -1.46. The van der Waals surface area contributed by atoms with Gasteiger partial charge in [0.1, 0.15) is 6.61 Å². The Bertz CT molecular complexity index is 418. The van der Waals surface area contributed by atoms with E-state index in [-0.39, 0.29) is 12.5 Å². The highest BCUT2D eigenvalue weighted by Crippen LogP contribution is 2.12. The monoisotopic (exact) mass is 235 g/mol. The standard InChI is InChI=1S/C12H13NO4/c14-10-7-17-9(11(13-10)12(15)16)6-8-4-2-1-3-5-8/h1-5,9,11H,6-7H2,(H,13,14)(H,15,16). The molecule has 5 nitrogen and oxygen atoms in total. The van der Waals surface area contributed by atoms with Crippen LogP contribution in [-0.2, 0) is 20.7 Å². The number of carboxylic acid groups (broad SMARTS) is 1. The Balaban J connectivity index is 2.08. The second kappa shape index (κ2) is 4.97. The lowest BCUT2D eigenvalue weighted by molar-refractivity contribution is -0.154. The van der Waals surface area contributed by atoms with Crippen LogP contribution >= 0.6 is 0 Å². The number of nitrogens with one attached hydrogen (secondary N) is 1. The molecule has 2 atom stereocenters. The maximum Gasteiger partial charge on any atom is 0.328 e. The van der Waals surface area contributed by atoms with Crippen LogP contribution in [0.5, 0.6) is 0 Å². The van der Waals surface area contributed by atoms with E-state index >= 15 is 0 Å². The molecule has 2 N–H and O–H groups in total.